The molecule has 0 aliphatic heterocycles. The number of rotatable bonds is 8. The summed E-state index contributed by atoms with van der Waals surface area (Å²) in [6, 6.07) is 13.5. The highest BCUT2D eigenvalue weighted by atomic mass is 19.1. The fourth-order valence-corrected chi connectivity index (χ4v) is 2.88. The molecule has 4 aromatic rings. The van der Waals surface area contributed by atoms with Crippen molar-refractivity contribution in [3.63, 3.8) is 0 Å². The average molecular weight is 395 g/mol. The quantitative estimate of drug-likeness (QED) is 0.455. The molecule has 0 aliphatic carbocycles. The molecule has 0 saturated heterocycles. The van der Waals surface area contributed by atoms with E-state index in [9.17, 15) is 9.18 Å². The number of aromatic nitrogens is 3. The van der Waals surface area contributed by atoms with E-state index < -0.39 is 0 Å². The Hall–Kier alpha value is -3.68. The van der Waals surface area contributed by atoms with Crippen molar-refractivity contribution in [2.24, 2.45) is 0 Å². The number of benzene rings is 2. The Kier molecular flexibility index (Phi) is 5.51. The van der Waals surface area contributed by atoms with Gasteiger partial charge in [-0.15, -0.1) is 0 Å². The second kappa shape index (κ2) is 8.55. The lowest BCUT2D eigenvalue weighted by Gasteiger charge is -2.02. The standard InChI is InChI=1S/C21H18FN3O4/c22-15-6-8-16(9-7-15)27-12-19-24-20(29-25-19)13-28-21(26)10-5-14-11-23-18-4-2-1-3-17(14)18/h1-4,6-9,11,23H,5,10,12-13H2. The number of ether oxygens (including phenoxy) is 2. The fraction of sp³-hybridized carbons (Fsp3) is 0.190. The molecule has 0 atom stereocenters. The summed E-state index contributed by atoms with van der Waals surface area (Å²) in [7, 11) is 0. The van der Waals surface area contributed by atoms with E-state index in [0.29, 0.717) is 18.0 Å². The van der Waals surface area contributed by atoms with Crippen molar-refractivity contribution in [1.82, 2.24) is 15.1 Å². The number of aromatic amines is 1. The zero-order chi connectivity index (χ0) is 20.1. The second-order valence-corrected chi connectivity index (χ2v) is 6.37. The van der Waals surface area contributed by atoms with Crippen LogP contribution in [-0.2, 0) is 29.2 Å². The number of hydrogen-bond acceptors (Lipinski definition) is 6. The third-order valence-corrected chi connectivity index (χ3v) is 4.32. The molecule has 0 amide bonds. The van der Waals surface area contributed by atoms with Crippen LogP contribution >= 0.6 is 0 Å². The number of aryl methyl sites for hydroxylation is 1. The summed E-state index contributed by atoms with van der Waals surface area (Å²) in [5.41, 5.74) is 2.10. The minimum atomic E-state index is -0.349. The number of para-hydroxylation sites is 1. The molecule has 0 bridgehead atoms. The maximum absolute atomic E-state index is 12.9. The number of fused-ring (bicyclic) bond motifs is 1. The number of esters is 1. The molecule has 148 valence electrons. The molecule has 1 N–H and O–H groups in total. The SMILES string of the molecule is O=C(CCc1c[nH]c2ccccc12)OCc1nc(COc2ccc(F)cc2)no1. The van der Waals surface area contributed by atoms with Crippen molar-refractivity contribution in [2.45, 2.75) is 26.1 Å². The topological polar surface area (TPSA) is 90.2 Å². The number of hydrogen-bond donors (Lipinski definition) is 1. The van der Waals surface area contributed by atoms with Crippen molar-refractivity contribution < 1.29 is 23.2 Å². The lowest BCUT2D eigenvalue weighted by Crippen LogP contribution is -2.06. The first kappa shape index (κ1) is 18.7. The largest absolute Gasteiger partial charge is 0.485 e. The first-order chi connectivity index (χ1) is 14.2. The summed E-state index contributed by atoms with van der Waals surface area (Å²) in [5.74, 6) is 0.284. The summed E-state index contributed by atoms with van der Waals surface area (Å²) < 4.78 is 28.6. The minimum Gasteiger partial charge on any atom is -0.485 e. The molecule has 2 aromatic heterocycles. The van der Waals surface area contributed by atoms with Crippen molar-refractivity contribution in [1.29, 1.82) is 0 Å². The Bertz CT molecular complexity index is 1100. The highest BCUT2D eigenvalue weighted by Gasteiger charge is 2.12. The van der Waals surface area contributed by atoms with Crippen LogP contribution in [0.2, 0.25) is 0 Å². The molecule has 8 heteroatoms. The Morgan fingerprint density at radius 2 is 1.93 bits per heavy atom. The van der Waals surface area contributed by atoms with Crippen molar-refractivity contribution in [3.05, 3.63) is 77.8 Å². The van der Waals surface area contributed by atoms with Gasteiger partial charge in [0.1, 0.15) is 11.6 Å². The van der Waals surface area contributed by atoms with Crippen molar-refractivity contribution in [2.75, 3.05) is 0 Å². The van der Waals surface area contributed by atoms with Gasteiger partial charge in [0.15, 0.2) is 13.2 Å². The molecule has 0 spiro atoms. The third-order valence-electron chi connectivity index (χ3n) is 4.32. The first-order valence-electron chi connectivity index (χ1n) is 9.08. The van der Waals surface area contributed by atoms with E-state index >= 15 is 0 Å². The second-order valence-electron chi connectivity index (χ2n) is 6.37. The van der Waals surface area contributed by atoms with Crippen LogP contribution in [0.1, 0.15) is 23.7 Å². The van der Waals surface area contributed by atoms with Gasteiger partial charge in [0.2, 0.25) is 5.82 Å². The first-order valence-corrected chi connectivity index (χ1v) is 9.08. The fourth-order valence-electron chi connectivity index (χ4n) is 2.88. The molecule has 0 unspecified atom stereocenters. The molecule has 29 heavy (non-hydrogen) atoms. The van der Waals surface area contributed by atoms with E-state index in [4.69, 9.17) is 14.0 Å². The minimum absolute atomic E-state index is 0.0592. The van der Waals surface area contributed by atoms with E-state index in [0.717, 1.165) is 16.5 Å². The van der Waals surface area contributed by atoms with Gasteiger partial charge in [0.25, 0.3) is 5.89 Å². The third kappa shape index (κ3) is 4.78. The lowest BCUT2D eigenvalue weighted by atomic mass is 10.1. The molecule has 0 aliphatic rings. The van der Waals surface area contributed by atoms with Crippen LogP contribution in [-0.4, -0.2) is 21.1 Å². The molecular formula is C21H18FN3O4. The molecule has 2 heterocycles. The van der Waals surface area contributed by atoms with Gasteiger partial charge in [0, 0.05) is 23.5 Å². The maximum Gasteiger partial charge on any atom is 0.306 e. The van der Waals surface area contributed by atoms with E-state index in [2.05, 4.69) is 15.1 Å². The van der Waals surface area contributed by atoms with E-state index in [1.54, 1.807) is 0 Å². The zero-order valence-electron chi connectivity index (χ0n) is 15.4. The maximum atomic E-state index is 12.9. The Morgan fingerprint density at radius 3 is 2.79 bits per heavy atom. The molecule has 7 nitrogen and oxygen atoms in total. The van der Waals surface area contributed by atoms with Crippen molar-refractivity contribution in [3.8, 4) is 5.75 Å². The van der Waals surface area contributed by atoms with Crippen LogP contribution in [0.5, 0.6) is 5.75 Å². The summed E-state index contributed by atoms with van der Waals surface area (Å²) in [6.45, 7) is -0.0418. The molecule has 0 saturated carbocycles. The smallest absolute Gasteiger partial charge is 0.306 e. The monoisotopic (exact) mass is 395 g/mol. The van der Waals surface area contributed by atoms with E-state index in [1.807, 2.05) is 30.5 Å². The summed E-state index contributed by atoms with van der Waals surface area (Å²) in [4.78, 5) is 19.3. The normalized spacial score (nSPS) is 10.9. The molecular weight excluding hydrogens is 377 g/mol. The van der Waals surface area contributed by atoms with Gasteiger partial charge in [0.05, 0.1) is 0 Å². The number of carbonyl (C=O) groups is 1. The van der Waals surface area contributed by atoms with E-state index in [-0.39, 0.29) is 37.3 Å². The van der Waals surface area contributed by atoms with Crippen LogP contribution in [0.4, 0.5) is 4.39 Å². The highest BCUT2D eigenvalue weighted by molar-refractivity contribution is 5.83. The Balaban J connectivity index is 1.23. The van der Waals surface area contributed by atoms with Gasteiger partial charge in [-0.2, -0.15) is 4.98 Å². The van der Waals surface area contributed by atoms with E-state index in [1.165, 1.54) is 24.3 Å². The van der Waals surface area contributed by atoms with Crippen LogP contribution in [0.15, 0.2) is 59.3 Å². The van der Waals surface area contributed by atoms with Crippen LogP contribution in [0.25, 0.3) is 10.9 Å². The van der Waals surface area contributed by atoms with Crippen LogP contribution in [0, 0.1) is 5.82 Å². The molecule has 0 fully saturated rings. The lowest BCUT2D eigenvalue weighted by molar-refractivity contribution is -0.145. The molecule has 2 aromatic carbocycles. The van der Waals surface area contributed by atoms with Gasteiger partial charge >= 0.3 is 5.97 Å². The van der Waals surface area contributed by atoms with Crippen LogP contribution < -0.4 is 4.74 Å². The predicted molar refractivity (Wildman–Crippen MR) is 101 cm³/mol. The average Bonchev–Trinajstić information content (AvgIpc) is 3.37. The molecule has 0 radical (unpaired) electrons. The zero-order valence-corrected chi connectivity index (χ0v) is 15.4. The van der Waals surface area contributed by atoms with Crippen LogP contribution in [0.3, 0.4) is 0 Å². The number of nitrogens with one attached hydrogen (secondary N) is 1. The Labute approximate surface area is 165 Å². The van der Waals surface area contributed by atoms with Gasteiger partial charge in [-0.1, -0.05) is 23.4 Å². The summed E-state index contributed by atoms with van der Waals surface area (Å²) in [6.07, 6.45) is 2.73. The summed E-state index contributed by atoms with van der Waals surface area (Å²) in [5, 5.41) is 4.87. The number of halogens is 1. The molecule has 4 rings (SSSR count). The predicted octanol–water partition coefficient (Wildman–Crippen LogP) is 3.95. The number of carbonyl (C=O) groups excluding carboxylic acids is 1. The number of nitrogens with zero attached hydrogens (tertiary/aromatic N) is 2. The number of H-pyrrole nitrogens is 1. The highest BCUT2D eigenvalue weighted by Crippen LogP contribution is 2.19. The van der Waals surface area contributed by atoms with Gasteiger partial charge < -0.3 is 19.0 Å². The van der Waals surface area contributed by atoms with Crippen molar-refractivity contribution >= 4 is 16.9 Å². The van der Waals surface area contributed by atoms with Gasteiger partial charge in [-0.05, 0) is 42.3 Å². The summed E-state index contributed by atoms with van der Waals surface area (Å²) >= 11 is 0. The van der Waals surface area contributed by atoms with Gasteiger partial charge in [-0.3, -0.25) is 4.79 Å². The Morgan fingerprint density at radius 1 is 1.10 bits per heavy atom. The van der Waals surface area contributed by atoms with Gasteiger partial charge in [-0.25, -0.2) is 4.39 Å².